The Morgan fingerprint density at radius 3 is 2.85 bits per heavy atom. The van der Waals surface area contributed by atoms with E-state index in [-0.39, 0.29) is 11.0 Å². The molecule has 2 aromatic rings. The van der Waals surface area contributed by atoms with Crippen molar-refractivity contribution in [2.45, 2.75) is 20.1 Å². The van der Waals surface area contributed by atoms with Crippen molar-refractivity contribution in [1.29, 1.82) is 0 Å². The topological polar surface area (TPSA) is 86.0 Å². The molecule has 0 aliphatic heterocycles. The smallest absolute Gasteiger partial charge is 0.371 e. The summed E-state index contributed by atoms with van der Waals surface area (Å²) in [5.41, 5.74) is -0.306. The molecule has 1 N–H and O–H groups in total. The molecular formula is C14H14O6. The summed E-state index contributed by atoms with van der Waals surface area (Å²) < 4.78 is 15.9. The Labute approximate surface area is 114 Å². The second-order valence-electron chi connectivity index (χ2n) is 4.05. The van der Waals surface area contributed by atoms with Gasteiger partial charge in [-0.05, 0) is 26.0 Å². The lowest BCUT2D eigenvalue weighted by Gasteiger charge is -2.15. The molecule has 0 bridgehead atoms. The summed E-state index contributed by atoms with van der Waals surface area (Å²) >= 11 is 0. The van der Waals surface area contributed by atoms with Gasteiger partial charge in [0.1, 0.15) is 16.7 Å². The van der Waals surface area contributed by atoms with E-state index in [1.54, 1.807) is 19.1 Å². The molecular weight excluding hydrogens is 264 g/mol. The highest BCUT2D eigenvalue weighted by Gasteiger charge is 2.15. The van der Waals surface area contributed by atoms with Crippen molar-refractivity contribution in [1.82, 2.24) is 0 Å². The van der Waals surface area contributed by atoms with Gasteiger partial charge in [-0.3, -0.25) is 4.79 Å². The third kappa shape index (κ3) is 2.80. The van der Waals surface area contributed by atoms with Crippen molar-refractivity contribution in [2.75, 3.05) is 6.61 Å². The zero-order chi connectivity index (χ0) is 14.7. The summed E-state index contributed by atoms with van der Waals surface area (Å²) in [6.45, 7) is 4.01. The fraction of sp³-hybridized carbons (Fsp3) is 0.286. The molecule has 0 spiro atoms. The Kier molecular flexibility index (Phi) is 4.05. The zero-order valence-electron chi connectivity index (χ0n) is 11.1. The van der Waals surface area contributed by atoms with E-state index in [9.17, 15) is 9.59 Å². The summed E-state index contributed by atoms with van der Waals surface area (Å²) in [6, 6.07) is 5.67. The van der Waals surface area contributed by atoms with Gasteiger partial charge in [-0.25, -0.2) is 4.79 Å². The molecule has 106 valence electrons. The lowest BCUT2D eigenvalue weighted by atomic mass is 10.2. The average Bonchev–Trinajstić information content (AvgIpc) is 2.38. The van der Waals surface area contributed by atoms with Crippen molar-refractivity contribution >= 4 is 16.9 Å². The predicted molar refractivity (Wildman–Crippen MR) is 71.2 cm³/mol. The number of fused-ring (bicyclic) bond motifs is 1. The maximum absolute atomic E-state index is 12.0. The molecule has 1 unspecified atom stereocenters. The third-order valence-electron chi connectivity index (χ3n) is 2.62. The highest BCUT2D eigenvalue weighted by Crippen LogP contribution is 2.24. The van der Waals surface area contributed by atoms with Gasteiger partial charge >= 0.3 is 5.97 Å². The van der Waals surface area contributed by atoms with Crippen LogP contribution in [0.5, 0.6) is 5.75 Å². The van der Waals surface area contributed by atoms with Crippen molar-refractivity contribution in [2.24, 2.45) is 0 Å². The second-order valence-corrected chi connectivity index (χ2v) is 4.05. The largest absolute Gasteiger partial charge is 0.475 e. The van der Waals surface area contributed by atoms with E-state index in [1.807, 2.05) is 6.92 Å². The molecule has 0 aliphatic carbocycles. The van der Waals surface area contributed by atoms with Gasteiger partial charge in [0.2, 0.25) is 5.76 Å². The number of rotatable bonds is 5. The molecule has 1 aromatic carbocycles. The summed E-state index contributed by atoms with van der Waals surface area (Å²) in [4.78, 5) is 22.9. The molecule has 2 rings (SSSR count). The van der Waals surface area contributed by atoms with Crippen molar-refractivity contribution < 1.29 is 23.8 Å². The van der Waals surface area contributed by atoms with Crippen LogP contribution in [0.2, 0.25) is 0 Å². The first kappa shape index (κ1) is 14.1. The third-order valence-corrected chi connectivity index (χ3v) is 2.62. The molecule has 20 heavy (non-hydrogen) atoms. The molecule has 0 fully saturated rings. The fourth-order valence-electron chi connectivity index (χ4n) is 1.83. The fourth-order valence-corrected chi connectivity index (χ4v) is 1.83. The molecule has 0 aliphatic rings. The van der Waals surface area contributed by atoms with Crippen LogP contribution < -0.4 is 10.2 Å². The molecule has 0 saturated heterocycles. The Morgan fingerprint density at radius 1 is 1.45 bits per heavy atom. The van der Waals surface area contributed by atoms with E-state index in [0.717, 1.165) is 6.07 Å². The predicted octanol–water partition coefficient (Wildman–Crippen LogP) is 2.25. The minimum absolute atomic E-state index is 0.163. The van der Waals surface area contributed by atoms with Gasteiger partial charge in [0.05, 0.1) is 0 Å². The van der Waals surface area contributed by atoms with Crippen LogP contribution >= 0.6 is 0 Å². The van der Waals surface area contributed by atoms with Crippen LogP contribution in [0, 0.1) is 0 Å². The average molecular weight is 278 g/mol. The number of benzene rings is 1. The van der Waals surface area contributed by atoms with Crippen LogP contribution in [-0.4, -0.2) is 24.0 Å². The Morgan fingerprint density at radius 2 is 2.20 bits per heavy atom. The number of carboxylic acids is 1. The number of carboxylic acid groups (broad SMARTS) is 1. The standard InChI is InChI=1S/C14H14O6/c1-3-18-8(2)19-10-5-4-6-11-13(10)9(15)7-12(20-11)14(16)17/h4-8H,3H2,1-2H3,(H,16,17). The quantitative estimate of drug-likeness (QED) is 0.844. The number of hydrogen-bond donors (Lipinski definition) is 1. The molecule has 1 aromatic heterocycles. The van der Waals surface area contributed by atoms with Gasteiger partial charge in [0, 0.05) is 12.7 Å². The molecule has 0 radical (unpaired) electrons. The van der Waals surface area contributed by atoms with Crippen LogP contribution in [-0.2, 0) is 4.74 Å². The van der Waals surface area contributed by atoms with E-state index >= 15 is 0 Å². The number of aromatic carboxylic acids is 1. The molecule has 0 amide bonds. The monoisotopic (exact) mass is 278 g/mol. The van der Waals surface area contributed by atoms with Crippen LogP contribution in [0.1, 0.15) is 24.4 Å². The first-order valence-electron chi connectivity index (χ1n) is 6.11. The lowest BCUT2D eigenvalue weighted by molar-refractivity contribution is -0.0605. The summed E-state index contributed by atoms with van der Waals surface area (Å²) in [5.74, 6) is -1.40. The zero-order valence-corrected chi connectivity index (χ0v) is 11.1. The van der Waals surface area contributed by atoms with Crippen LogP contribution in [0.3, 0.4) is 0 Å². The summed E-state index contributed by atoms with van der Waals surface area (Å²) in [7, 11) is 0. The Hall–Kier alpha value is -2.34. The number of carbonyl (C=O) groups is 1. The SMILES string of the molecule is CCOC(C)Oc1cccc2oc(C(=O)O)cc(=O)c12. The van der Waals surface area contributed by atoms with Crippen molar-refractivity contribution in [3.8, 4) is 5.75 Å². The van der Waals surface area contributed by atoms with Gasteiger partial charge in [-0.1, -0.05) is 6.07 Å². The van der Waals surface area contributed by atoms with Gasteiger partial charge in [0.25, 0.3) is 0 Å². The van der Waals surface area contributed by atoms with Gasteiger partial charge < -0.3 is 19.0 Å². The van der Waals surface area contributed by atoms with E-state index in [2.05, 4.69) is 0 Å². The summed E-state index contributed by atoms with van der Waals surface area (Å²) in [5, 5.41) is 9.07. The maximum Gasteiger partial charge on any atom is 0.371 e. The molecule has 1 heterocycles. The number of ether oxygens (including phenoxy) is 2. The molecule has 0 saturated carbocycles. The molecule has 1 atom stereocenters. The van der Waals surface area contributed by atoms with Gasteiger partial charge in [0.15, 0.2) is 11.7 Å². The van der Waals surface area contributed by atoms with Crippen LogP contribution in [0.15, 0.2) is 33.5 Å². The van der Waals surface area contributed by atoms with Gasteiger partial charge in [-0.15, -0.1) is 0 Å². The Balaban J connectivity index is 2.52. The molecule has 6 nitrogen and oxygen atoms in total. The van der Waals surface area contributed by atoms with Gasteiger partial charge in [-0.2, -0.15) is 0 Å². The lowest BCUT2D eigenvalue weighted by Crippen LogP contribution is -2.17. The Bertz CT molecular complexity index is 688. The number of hydrogen-bond acceptors (Lipinski definition) is 5. The summed E-state index contributed by atoms with van der Waals surface area (Å²) in [6.07, 6.45) is -0.524. The van der Waals surface area contributed by atoms with E-state index in [0.29, 0.717) is 12.4 Å². The highest BCUT2D eigenvalue weighted by atomic mass is 16.7. The van der Waals surface area contributed by atoms with E-state index < -0.39 is 23.4 Å². The van der Waals surface area contributed by atoms with Crippen LogP contribution in [0.25, 0.3) is 11.0 Å². The normalized spacial score (nSPS) is 12.3. The highest BCUT2D eigenvalue weighted by molar-refractivity contribution is 5.89. The van der Waals surface area contributed by atoms with Crippen molar-refractivity contribution in [3.63, 3.8) is 0 Å². The minimum atomic E-state index is -1.29. The second kappa shape index (κ2) is 5.75. The van der Waals surface area contributed by atoms with E-state index in [4.69, 9.17) is 19.0 Å². The van der Waals surface area contributed by atoms with Crippen LogP contribution in [0.4, 0.5) is 0 Å². The first-order valence-corrected chi connectivity index (χ1v) is 6.11. The molecule has 6 heteroatoms. The maximum atomic E-state index is 12.0. The minimum Gasteiger partial charge on any atom is -0.475 e. The van der Waals surface area contributed by atoms with Crippen molar-refractivity contribution in [3.05, 3.63) is 40.2 Å². The van der Waals surface area contributed by atoms with E-state index in [1.165, 1.54) is 6.07 Å². The first-order chi connectivity index (χ1) is 9.52.